The van der Waals surface area contributed by atoms with E-state index in [0.717, 1.165) is 61.9 Å². The summed E-state index contributed by atoms with van der Waals surface area (Å²) in [5, 5.41) is 0. The van der Waals surface area contributed by atoms with Gasteiger partial charge in [-0.25, -0.2) is 0 Å². The zero-order valence-electron chi connectivity index (χ0n) is 17.0. The molecule has 0 atom stereocenters. The number of nitrogen functional groups attached to an aromatic ring is 2. The van der Waals surface area contributed by atoms with Crippen LogP contribution in [0.4, 0.5) is 22.7 Å². The first-order valence-electron chi connectivity index (χ1n) is 10.2. The van der Waals surface area contributed by atoms with Crippen LogP contribution in [-0.2, 0) is 0 Å². The monoisotopic (exact) mass is 384 g/mol. The van der Waals surface area contributed by atoms with Gasteiger partial charge in [0.15, 0.2) is 0 Å². The summed E-state index contributed by atoms with van der Waals surface area (Å²) in [4.78, 5) is 4.75. The minimum Gasteiger partial charge on any atom is -0.491 e. The van der Waals surface area contributed by atoms with Crippen molar-refractivity contribution in [2.24, 2.45) is 0 Å². The number of piperazine rings is 1. The quantitative estimate of drug-likeness (QED) is 0.675. The Hall–Kier alpha value is -2.76. The molecule has 1 heterocycles. The third-order valence-corrected chi connectivity index (χ3v) is 4.93. The van der Waals surface area contributed by atoms with E-state index in [0.29, 0.717) is 24.6 Å². The molecule has 2 aromatic carbocycles. The van der Waals surface area contributed by atoms with Crippen LogP contribution < -0.4 is 30.7 Å². The molecule has 0 aromatic heterocycles. The lowest BCUT2D eigenvalue weighted by Crippen LogP contribution is -2.46. The van der Waals surface area contributed by atoms with Gasteiger partial charge in [0.05, 0.1) is 24.6 Å². The highest BCUT2D eigenvalue weighted by molar-refractivity contribution is 5.65. The first-order valence-corrected chi connectivity index (χ1v) is 10.2. The minimum absolute atomic E-state index is 0.682. The number of rotatable bonds is 8. The molecule has 0 amide bonds. The van der Waals surface area contributed by atoms with Gasteiger partial charge in [-0.2, -0.15) is 0 Å². The van der Waals surface area contributed by atoms with Crippen molar-refractivity contribution in [1.82, 2.24) is 0 Å². The van der Waals surface area contributed by atoms with Crippen LogP contribution in [0.1, 0.15) is 26.7 Å². The molecule has 1 fully saturated rings. The van der Waals surface area contributed by atoms with Crippen molar-refractivity contribution in [3.63, 3.8) is 0 Å². The molecular weight excluding hydrogens is 352 g/mol. The molecule has 0 aliphatic carbocycles. The molecule has 0 spiro atoms. The molecule has 1 aliphatic heterocycles. The van der Waals surface area contributed by atoms with Gasteiger partial charge in [0.1, 0.15) is 11.5 Å². The van der Waals surface area contributed by atoms with Crippen molar-refractivity contribution in [3.8, 4) is 11.5 Å². The molecule has 1 saturated heterocycles. The standard InChI is InChI=1S/C22H32N4O2/c1-3-13-27-21-15-17(5-7-19(21)23)25-9-11-26(12-10-25)18-6-8-20(24)22(16-18)28-14-4-2/h5-8,15-16H,3-4,9-14,23-24H2,1-2H3. The van der Waals surface area contributed by atoms with Gasteiger partial charge in [-0.15, -0.1) is 0 Å². The van der Waals surface area contributed by atoms with Crippen LogP contribution >= 0.6 is 0 Å². The van der Waals surface area contributed by atoms with Crippen molar-refractivity contribution in [1.29, 1.82) is 0 Å². The van der Waals surface area contributed by atoms with Crippen LogP contribution in [0.25, 0.3) is 0 Å². The lowest BCUT2D eigenvalue weighted by Gasteiger charge is -2.37. The summed E-state index contributed by atoms with van der Waals surface area (Å²) in [7, 11) is 0. The Kier molecular flexibility index (Phi) is 6.74. The van der Waals surface area contributed by atoms with E-state index in [2.05, 4.69) is 47.9 Å². The normalized spacial score (nSPS) is 14.2. The number of nitrogens with zero attached hydrogens (tertiary/aromatic N) is 2. The summed E-state index contributed by atoms with van der Waals surface area (Å²) in [6, 6.07) is 12.1. The van der Waals surface area contributed by atoms with E-state index >= 15 is 0 Å². The van der Waals surface area contributed by atoms with Crippen LogP contribution in [0.3, 0.4) is 0 Å². The Morgan fingerprint density at radius 2 is 1.11 bits per heavy atom. The van der Waals surface area contributed by atoms with E-state index in [1.807, 2.05) is 12.1 Å². The predicted octanol–water partition coefficient (Wildman–Crippen LogP) is 3.76. The molecule has 28 heavy (non-hydrogen) atoms. The SMILES string of the molecule is CCCOc1cc(N2CCN(c3ccc(N)c(OCCC)c3)CC2)ccc1N. The average molecular weight is 385 g/mol. The Balaban J connectivity index is 1.65. The molecule has 6 nitrogen and oxygen atoms in total. The largest absolute Gasteiger partial charge is 0.491 e. The number of ether oxygens (including phenoxy) is 2. The van der Waals surface area contributed by atoms with Crippen LogP contribution in [0.15, 0.2) is 36.4 Å². The molecule has 4 N–H and O–H groups in total. The third kappa shape index (κ3) is 4.74. The fourth-order valence-electron chi connectivity index (χ4n) is 3.34. The van der Waals surface area contributed by atoms with Crippen molar-refractivity contribution in [2.45, 2.75) is 26.7 Å². The zero-order chi connectivity index (χ0) is 19.9. The van der Waals surface area contributed by atoms with Gasteiger partial charge >= 0.3 is 0 Å². The highest BCUT2D eigenvalue weighted by atomic mass is 16.5. The summed E-state index contributed by atoms with van der Waals surface area (Å²) in [5.41, 5.74) is 15.8. The lowest BCUT2D eigenvalue weighted by atomic mass is 10.2. The number of anilines is 4. The van der Waals surface area contributed by atoms with Gasteiger partial charge in [0.2, 0.25) is 0 Å². The van der Waals surface area contributed by atoms with Crippen molar-refractivity contribution < 1.29 is 9.47 Å². The van der Waals surface area contributed by atoms with Gasteiger partial charge in [0, 0.05) is 49.7 Å². The average Bonchev–Trinajstić information content (AvgIpc) is 2.73. The van der Waals surface area contributed by atoms with Crippen LogP contribution in [0.2, 0.25) is 0 Å². The van der Waals surface area contributed by atoms with Crippen molar-refractivity contribution in [2.75, 3.05) is 60.7 Å². The second-order valence-corrected chi connectivity index (χ2v) is 7.12. The number of benzene rings is 2. The maximum atomic E-state index is 6.04. The van der Waals surface area contributed by atoms with Crippen LogP contribution in [0, 0.1) is 0 Å². The zero-order valence-corrected chi connectivity index (χ0v) is 17.0. The maximum Gasteiger partial charge on any atom is 0.144 e. The fourth-order valence-corrected chi connectivity index (χ4v) is 3.34. The van der Waals surface area contributed by atoms with Crippen molar-refractivity contribution in [3.05, 3.63) is 36.4 Å². The summed E-state index contributed by atoms with van der Waals surface area (Å²) >= 11 is 0. The van der Waals surface area contributed by atoms with Gasteiger partial charge in [-0.1, -0.05) is 13.8 Å². The molecule has 0 unspecified atom stereocenters. The third-order valence-electron chi connectivity index (χ3n) is 4.93. The molecule has 1 aliphatic rings. The summed E-state index contributed by atoms with van der Waals surface area (Å²) in [6.07, 6.45) is 1.93. The molecule has 3 rings (SSSR count). The van der Waals surface area contributed by atoms with Gasteiger partial charge < -0.3 is 30.7 Å². The molecule has 152 valence electrons. The number of hydrogen-bond donors (Lipinski definition) is 2. The van der Waals surface area contributed by atoms with Gasteiger partial charge in [-0.3, -0.25) is 0 Å². The highest BCUT2D eigenvalue weighted by Crippen LogP contribution is 2.31. The number of nitrogens with two attached hydrogens (primary N) is 2. The summed E-state index contributed by atoms with van der Waals surface area (Å²) < 4.78 is 11.6. The Bertz CT molecular complexity index is 708. The second kappa shape index (κ2) is 9.44. The van der Waals surface area contributed by atoms with E-state index < -0.39 is 0 Å². The van der Waals surface area contributed by atoms with E-state index in [1.54, 1.807) is 0 Å². The second-order valence-electron chi connectivity index (χ2n) is 7.12. The first kappa shape index (κ1) is 20.0. The van der Waals surface area contributed by atoms with Crippen LogP contribution in [0.5, 0.6) is 11.5 Å². The van der Waals surface area contributed by atoms with Crippen molar-refractivity contribution >= 4 is 22.7 Å². The van der Waals surface area contributed by atoms with E-state index in [-0.39, 0.29) is 0 Å². The van der Waals surface area contributed by atoms with E-state index in [1.165, 1.54) is 0 Å². The van der Waals surface area contributed by atoms with E-state index in [4.69, 9.17) is 20.9 Å². The Morgan fingerprint density at radius 1 is 0.714 bits per heavy atom. The Morgan fingerprint density at radius 3 is 1.46 bits per heavy atom. The minimum atomic E-state index is 0.682. The molecular formula is C22H32N4O2. The van der Waals surface area contributed by atoms with E-state index in [9.17, 15) is 0 Å². The van der Waals surface area contributed by atoms with Crippen LogP contribution in [-0.4, -0.2) is 39.4 Å². The summed E-state index contributed by atoms with van der Waals surface area (Å²) in [5.74, 6) is 1.55. The molecule has 0 radical (unpaired) electrons. The molecule has 6 heteroatoms. The Labute approximate surface area is 168 Å². The first-order chi connectivity index (χ1) is 13.6. The maximum absolute atomic E-state index is 6.04. The van der Waals surface area contributed by atoms with Gasteiger partial charge in [0.25, 0.3) is 0 Å². The highest BCUT2D eigenvalue weighted by Gasteiger charge is 2.19. The summed E-state index contributed by atoms with van der Waals surface area (Å²) in [6.45, 7) is 9.30. The topological polar surface area (TPSA) is 77.0 Å². The fraction of sp³-hybridized carbons (Fsp3) is 0.455. The van der Waals surface area contributed by atoms with Gasteiger partial charge in [-0.05, 0) is 37.1 Å². The number of hydrogen-bond acceptors (Lipinski definition) is 6. The molecule has 0 saturated carbocycles. The molecule has 0 bridgehead atoms. The predicted molar refractivity (Wildman–Crippen MR) is 118 cm³/mol. The molecule has 2 aromatic rings. The lowest BCUT2D eigenvalue weighted by molar-refractivity contribution is 0.319. The smallest absolute Gasteiger partial charge is 0.144 e.